The van der Waals surface area contributed by atoms with E-state index in [0.717, 1.165) is 24.6 Å². The van der Waals surface area contributed by atoms with Crippen LogP contribution in [-0.2, 0) is 6.54 Å². The van der Waals surface area contributed by atoms with Gasteiger partial charge in [0.15, 0.2) is 0 Å². The zero-order valence-corrected chi connectivity index (χ0v) is 11.1. The van der Waals surface area contributed by atoms with E-state index in [1.54, 1.807) is 0 Å². The molecule has 0 spiro atoms. The molecule has 0 bridgehead atoms. The van der Waals surface area contributed by atoms with Crippen LogP contribution in [0.5, 0.6) is 0 Å². The fraction of sp³-hybridized carbons (Fsp3) is 0.800. The fourth-order valence-corrected chi connectivity index (χ4v) is 2.89. The lowest BCUT2D eigenvalue weighted by molar-refractivity contribution is 0.127. The third-order valence-corrected chi connectivity index (χ3v) is 3.81. The lowest BCUT2D eigenvalue weighted by atomic mass is 10.3. The van der Waals surface area contributed by atoms with Gasteiger partial charge in [0.1, 0.15) is 5.01 Å². The standard InChI is InChI=1S/C10H17ClN4S/c1-2-3-14-4-6-15(7-5-14)8-9-12-13-10(11)16-9/h2-8H2,1H3. The van der Waals surface area contributed by atoms with Crippen LogP contribution in [0.4, 0.5) is 0 Å². The van der Waals surface area contributed by atoms with Crippen molar-refractivity contribution in [3.05, 3.63) is 9.47 Å². The van der Waals surface area contributed by atoms with E-state index in [4.69, 9.17) is 11.6 Å². The highest BCUT2D eigenvalue weighted by molar-refractivity contribution is 7.15. The van der Waals surface area contributed by atoms with Crippen LogP contribution < -0.4 is 0 Å². The highest BCUT2D eigenvalue weighted by atomic mass is 35.5. The number of hydrogen-bond acceptors (Lipinski definition) is 5. The molecule has 90 valence electrons. The maximum absolute atomic E-state index is 5.76. The summed E-state index contributed by atoms with van der Waals surface area (Å²) in [4.78, 5) is 4.94. The van der Waals surface area contributed by atoms with Crippen LogP contribution in [0.25, 0.3) is 0 Å². The number of aromatic nitrogens is 2. The molecule has 1 saturated heterocycles. The maximum atomic E-state index is 5.76. The van der Waals surface area contributed by atoms with Crippen molar-refractivity contribution in [2.75, 3.05) is 32.7 Å². The van der Waals surface area contributed by atoms with Gasteiger partial charge in [0.25, 0.3) is 0 Å². The molecule has 4 nitrogen and oxygen atoms in total. The lowest BCUT2D eigenvalue weighted by Gasteiger charge is -2.33. The first-order chi connectivity index (χ1) is 7.78. The second kappa shape index (κ2) is 5.91. The molecule has 0 unspecified atom stereocenters. The number of nitrogens with zero attached hydrogens (tertiary/aromatic N) is 4. The molecule has 0 N–H and O–H groups in total. The number of hydrogen-bond donors (Lipinski definition) is 0. The van der Waals surface area contributed by atoms with Crippen LogP contribution in [0.2, 0.25) is 4.47 Å². The molecule has 1 aliphatic rings. The van der Waals surface area contributed by atoms with Gasteiger partial charge in [-0.2, -0.15) is 0 Å². The number of halogens is 1. The van der Waals surface area contributed by atoms with E-state index in [-0.39, 0.29) is 0 Å². The van der Waals surface area contributed by atoms with Crippen LogP contribution in [0, 0.1) is 0 Å². The second-order valence-electron chi connectivity index (χ2n) is 4.07. The molecule has 2 rings (SSSR count). The minimum Gasteiger partial charge on any atom is -0.301 e. The van der Waals surface area contributed by atoms with Gasteiger partial charge >= 0.3 is 0 Å². The summed E-state index contributed by atoms with van der Waals surface area (Å²) in [6.45, 7) is 8.92. The van der Waals surface area contributed by atoms with E-state index in [9.17, 15) is 0 Å². The Bertz CT molecular complexity index is 322. The molecule has 0 saturated carbocycles. The normalized spacial score (nSPS) is 19.1. The molecule has 6 heteroatoms. The van der Waals surface area contributed by atoms with Gasteiger partial charge in [-0.3, -0.25) is 4.90 Å². The van der Waals surface area contributed by atoms with Crippen LogP contribution in [0.15, 0.2) is 0 Å². The second-order valence-corrected chi connectivity index (χ2v) is 5.71. The molecular formula is C10H17ClN4S. The summed E-state index contributed by atoms with van der Waals surface area (Å²) in [5.74, 6) is 0. The van der Waals surface area contributed by atoms with Crippen molar-refractivity contribution in [3.8, 4) is 0 Å². The Morgan fingerprint density at radius 3 is 2.44 bits per heavy atom. The summed E-state index contributed by atoms with van der Waals surface area (Å²) in [5, 5.41) is 8.89. The summed E-state index contributed by atoms with van der Waals surface area (Å²) in [7, 11) is 0. The van der Waals surface area contributed by atoms with Crippen LogP contribution in [0.1, 0.15) is 18.4 Å². The largest absolute Gasteiger partial charge is 0.301 e. The van der Waals surface area contributed by atoms with Crippen molar-refractivity contribution in [2.24, 2.45) is 0 Å². The zero-order valence-electron chi connectivity index (χ0n) is 9.52. The smallest absolute Gasteiger partial charge is 0.207 e. The first-order valence-electron chi connectivity index (χ1n) is 5.70. The van der Waals surface area contributed by atoms with Crippen molar-refractivity contribution in [1.29, 1.82) is 0 Å². The summed E-state index contributed by atoms with van der Waals surface area (Å²) >= 11 is 7.24. The average molecular weight is 261 g/mol. The maximum Gasteiger partial charge on any atom is 0.207 e. The third-order valence-electron chi connectivity index (χ3n) is 2.81. The van der Waals surface area contributed by atoms with Gasteiger partial charge in [-0.25, -0.2) is 0 Å². The molecule has 1 aromatic rings. The Balaban J connectivity index is 1.77. The Morgan fingerprint density at radius 1 is 1.19 bits per heavy atom. The zero-order chi connectivity index (χ0) is 11.4. The molecule has 0 atom stereocenters. The Morgan fingerprint density at radius 2 is 1.88 bits per heavy atom. The van der Waals surface area contributed by atoms with Gasteiger partial charge in [0.05, 0.1) is 6.54 Å². The molecule has 0 aliphatic carbocycles. The van der Waals surface area contributed by atoms with Gasteiger partial charge in [-0.1, -0.05) is 18.3 Å². The molecule has 1 fully saturated rings. The van der Waals surface area contributed by atoms with Gasteiger partial charge in [-0.05, 0) is 24.6 Å². The van der Waals surface area contributed by atoms with E-state index in [1.165, 1.54) is 37.4 Å². The quantitative estimate of drug-likeness (QED) is 0.825. The Labute approximate surface area is 105 Å². The monoisotopic (exact) mass is 260 g/mol. The van der Waals surface area contributed by atoms with E-state index < -0.39 is 0 Å². The molecule has 1 aliphatic heterocycles. The molecule has 1 aromatic heterocycles. The van der Waals surface area contributed by atoms with Gasteiger partial charge in [-0.15, -0.1) is 10.2 Å². The minimum atomic E-state index is 0.541. The van der Waals surface area contributed by atoms with Gasteiger partial charge in [0.2, 0.25) is 4.47 Å². The highest BCUT2D eigenvalue weighted by Crippen LogP contribution is 2.17. The highest BCUT2D eigenvalue weighted by Gasteiger charge is 2.17. The molecule has 16 heavy (non-hydrogen) atoms. The van der Waals surface area contributed by atoms with Crippen molar-refractivity contribution in [2.45, 2.75) is 19.9 Å². The van der Waals surface area contributed by atoms with Crippen molar-refractivity contribution >= 4 is 22.9 Å². The number of piperazine rings is 1. The fourth-order valence-electron chi connectivity index (χ4n) is 1.98. The predicted octanol–water partition coefficient (Wildman–Crippen LogP) is 1.72. The summed E-state index contributed by atoms with van der Waals surface area (Å²) < 4.78 is 0.541. The Hall–Kier alpha value is -0.230. The molecule has 0 radical (unpaired) electrons. The predicted molar refractivity (Wildman–Crippen MR) is 66.9 cm³/mol. The van der Waals surface area contributed by atoms with Gasteiger partial charge in [0, 0.05) is 26.2 Å². The molecule has 0 amide bonds. The minimum absolute atomic E-state index is 0.541. The number of rotatable bonds is 4. The van der Waals surface area contributed by atoms with E-state index in [1.807, 2.05) is 0 Å². The summed E-state index contributed by atoms with van der Waals surface area (Å²) in [6.07, 6.45) is 1.24. The summed E-state index contributed by atoms with van der Waals surface area (Å²) in [5.41, 5.74) is 0. The van der Waals surface area contributed by atoms with E-state index in [0.29, 0.717) is 4.47 Å². The third kappa shape index (κ3) is 3.38. The SMILES string of the molecule is CCCN1CCN(Cc2nnc(Cl)s2)CC1. The van der Waals surface area contributed by atoms with Crippen LogP contribution >= 0.6 is 22.9 Å². The van der Waals surface area contributed by atoms with Crippen molar-refractivity contribution in [1.82, 2.24) is 20.0 Å². The average Bonchev–Trinajstić information content (AvgIpc) is 2.67. The molecular weight excluding hydrogens is 244 g/mol. The van der Waals surface area contributed by atoms with Crippen LogP contribution in [-0.4, -0.2) is 52.7 Å². The Kier molecular flexibility index (Phi) is 4.52. The van der Waals surface area contributed by atoms with E-state index in [2.05, 4.69) is 26.9 Å². The molecule has 0 aromatic carbocycles. The van der Waals surface area contributed by atoms with Crippen molar-refractivity contribution in [3.63, 3.8) is 0 Å². The topological polar surface area (TPSA) is 32.3 Å². The lowest BCUT2D eigenvalue weighted by Crippen LogP contribution is -2.45. The van der Waals surface area contributed by atoms with Crippen molar-refractivity contribution < 1.29 is 0 Å². The van der Waals surface area contributed by atoms with Crippen LogP contribution in [0.3, 0.4) is 0 Å². The first kappa shape index (κ1) is 12.2. The molecule has 2 heterocycles. The first-order valence-corrected chi connectivity index (χ1v) is 6.90. The van der Waals surface area contributed by atoms with E-state index >= 15 is 0 Å². The van der Waals surface area contributed by atoms with Gasteiger partial charge < -0.3 is 4.90 Å². The summed E-state index contributed by atoms with van der Waals surface area (Å²) in [6, 6.07) is 0.